The molecule has 2 fully saturated rings. The molecular formula is C29H33F7N4O2. The number of alkyl halides is 6. The zero-order chi connectivity index (χ0) is 31.4. The summed E-state index contributed by atoms with van der Waals surface area (Å²) in [6, 6.07) is 3.01. The van der Waals surface area contributed by atoms with Crippen molar-refractivity contribution in [2.45, 2.75) is 82.0 Å². The van der Waals surface area contributed by atoms with Crippen molar-refractivity contribution in [2.75, 3.05) is 13.6 Å². The highest BCUT2D eigenvalue weighted by atomic mass is 19.4. The van der Waals surface area contributed by atoms with Gasteiger partial charge in [0, 0.05) is 19.1 Å². The Balaban J connectivity index is 1.69. The van der Waals surface area contributed by atoms with Crippen LogP contribution in [0.5, 0.6) is 0 Å². The largest absolute Gasteiger partial charge is 0.416 e. The van der Waals surface area contributed by atoms with Gasteiger partial charge >= 0.3 is 18.4 Å². The minimum absolute atomic E-state index is 0.0455. The number of carbonyl (C=O) groups excluding carboxylic acids is 2. The van der Waals surface area contributed by atoms with Crippen molar-refractivity contribution in [3.8, 4) is 0 Å². The number of piperidine rings is 1. The Bertz CT molecular complexity index is 1350. The molecule has 2 aliphatic heterocycles. The molecule has 2 heterocycles. The monoisotopic (exact) mass is 602 g/mol. The summed E-state index contributed by atoms with van der Waals surface area (Å²) in [5.74, 6) is -0.990. The molecule has 6 nitrogen and oxygen atoms in total. The number of hydrogen-bond acceptors (Lipinski definition) is 3. The second-order valence-electron chi connectivity index (χ2n) is 11.7. The van der Waals surface area contributed by atoms with E-state index in [1.807, 2.05) is 0 Å². The van der Waals surface area contributed by atoms with Crippen LogP contribution in [0.25, 0.3) is 0 Å². The van der Waals surface area contributed by atoms with Crippen LogP contribution >= 0.6 is 0 Å². The van der Waals surface area contributed by atoms with Crippen molar-refractivity contribution >= 4 is 11.9 Å². The second kappa shape index (κ2) is 10.7. The van der Waals surface area contributed by atoms with Gasteiger partial charge in [-0.25, -0.2) is 9.18 Å². The summed E-state index contributed by atoms with van der Waals surface area (Å²) in [5.41, 5.74) is 2.04. The Morgan fingerprint density at radius 2 is 1.62 bits per heavy atom. The molecule has 3 amide bonds. The van der Waals surface area contributed by atoms with Gasteiger partial charge in [0.15, 0.2) is 0 Å². The fourth-order valence-corrected chi connectivity index (χ4v) is 6.13. The summed E-state index contributed by atoms with van der Waals surface area (Å²) in [4.78, 5) is 28.7. The van der Waals surface area contributed by atoms with Crippen LogP contribution in [0.4, 0.5) is 35.5 Å². The molecule has 2 aliphatic rings. The lowest BCUT2D eigenvalue weighted by Crippen LogP contribution is -2.60. The third kappa shape index (κ3) is 6.06. The number of urea groups is 1. The molecule has 3 N–H and O–H groups in total. The van der Waals surface area contributed by atoms with Crippen molar-refractivity contribution in [2.24, 2.45) is 5.73 Å². The van der Waals surface area contributed by atoms with Gasteiger partial charge in [0.2, 0.25) is 5.91 Å². The van der Waals surface area contributed by atoms with E-state index in [0.717, 1.165) is 4.90 Å². The SMILES string of the molecule is Cc1cc(F)ccc1[C@H]1CC2(CCN1C(=O)N(C)[C@H](C)c1cc(C(F)(F)F)cc(C(F)(F)F)c1)CC[C@](C)(C(N)=O)N2. The van der Waals surface area contributed by atoms with Gasteiger partial charge in [0.05, 0.1) is 28.7 Å². The predicted molar refractivity (Wildman–Crippen MR) is 141 cm³/mol. The maximum Gasteiger partial charge on any atom is 0.416 e. The van der Waals surface area contributed by atoms with Gasteiger partial charge in [-0.1, -0.05) is 6.07 Å². The zero-order valence-corrected chi connectivity index (χ0v) is 23.6. The molecule has 2 saturated heterocycles. The molecule has 0 aliphatic carbocycles. The summed E-state index contributed by atoms with van der Waals surface area (Å²) in [5, 5.41) is 3.38. The van der Waals surface area contributed by atoms with Crippen molar-refractivity contribution in [1.82, 2.24) is 15.1 Å². The molecule has 230 valence electrons. The number of rotatable bonds is 4. The van der Waals surface area contributed by atoms with Gasteiger partial charge in [0.1, 0.15) is 5.82 Å². The standard InChI is InChI=1S/C29H33F7N4O2/c1-16-11-21(30)5-6-22(16)23-15-27(8-7-26(3,38-27)24(37)41)9-10-40(23)25(42)39(4)17(2)18-12-19(28(31,32)33)14-20(13-18)29(34,35)36/h5-6,11-14,17,23,38H,7-10,15H2,1-4H3,(H2,37,41)/t17-,23-,26-,27?/m1/s1. The lowest BCUT2D eigenvalue weighted by atomic mass is 9.79. The van der Waals surface area contributed by atoms with E-state index in [-0.39, 0.29) is 18.2 Å². The third-order valence-electron chi connectivity index (χ3n) is 8.79. The van der Waals surface area contributed by atoms with Crippen LogP contribution in [0.2, 0.25) is 0 Å². The molecule has 42 heavy (non-hydrogen) atoms. The number of primary amides is 1. The fourth-order valence-electron chi connectivity index (χ4n) is 6.13. The number of hydrogen-bond donors (Lipinski definition) is 2. The van der Waals surface area contributed by atoms with Gasteiger partial charge in [-0.15, -0.1) is 0 Å². The Hall–Kier alpha value is -3.35. The van der Waals surface area contributed by atoms with E-state index in [4.69, 9.17) is 5.73 Å². The topological polar surface area (TPSA) is 78.7 Å². The Labute approximate surface area is 239 Å². The predicted octanol–water partition coefficient (Wildman–Crippen LogP) is 6.49. The van der Waals surface area contributed by atoms with Crippen molar-refractivity contribution < 1.29 is 40.3 Å². The molecule has 4 atom stereocenters. The van der Waals surface area contributed by atoms with Crippen LogP contribution < -0.4 is 11.1 Å². The van der Waals surface area contributed by atoms with Gasteiger partial charge in [-0.05, 0) is 93.5 Å². The Kier molecular flexibility index (Phi) is 8.07. The molecule has 1 unspecified atom stereocenters. The third-order valence-corrected chi connectivity index (χ3v) is 8.79. The first kappa shape index (κ1) is 31.6. The average molecular weight is 603 g/mol. The Morgan fingerprint density at radius 1 is 1.02 bits per heavy atom. The van der Waals surface area contributed by atoms with Crippen LogP contribution in [-0.2, 0) is 17.1 Å². The molecule has 0 bridgehead atoms. The summed E-state index contributed by atoms with van der Waals surface area (Å²) in [6.07, 6.45) is -8.25. The highest BCUT2D eigenvalue weighted by molar-refractivity contribution is 5.84. The van der Waals surface area contributed by atoms with Crippen LogP contribution in [-0.4, -0.2) is 46.4 Å². The van der Waals surface area contributed by atoms with Gasteiger partial charge < -0.3 is 15.5 Å². The molecule has 1 spiro atoms. The van der Waals surface area contributed by atoms with Crippen LogP contribution in [0.3, 0.4) is 0 Å². The molecule has 0 aromatic heterocycles. The van der Waals surface area contributed by atoms with E-state index in [1.165, 1.54) is 31.0 Å². The maximum absolute atomic E-state index is 14.0. The summed E-state index contributed by atoms with van der Waals surface area (Å²) < 4.78 is 94.9. The molecule has 4 rings (SSSR count). The number of nitrogens with two attached hydrogens (primary N) is 1. The van der Waals surface area contributed by atoms with E-state index in [1.54, 1.807) is 19.9 Å². The minimum Gasteiger partial charge on any atom is -0.368 e. The number of nitrogens with one attached hydrogen (secondary N) is 1. The van der Waals surface area contributed by atoms with Crippen LogP contribution in [0.15, 0.2) is 36.4 Å². The van der Waals surface area contributed by atoms with E-state index < -0.39 is 64.4 Å². The average Bonchev–Trinajstić information content (AvgIpc) is 3.23. The fraction of sp³-hybridized carbons (Fsp3) is 0.517. The molecule has 0 saturated carbocycles. The number of nitrogens with zero attached hydrogens (tertiary/aromatic N) is 2. The van der Waals surface area contributed by atoms with Crippen LogP contribution in [0.1, 0.15) is 79.4 Å². The lowest BCUT2D eigenvalue weighted by Gasteiger charge is -2.48. The smallest absolute Gasteiger partial charge is 0.368 e. The molecule has 2 aromatic rings. The quantitative estimate of drug-likeness (QED) is 0.393. The molecule has 0 radical (unpaired) electrons. The van der Waals surface area contributed by atoms with Gasteiger partial charge in [-0.3, -0.25) is 10.1 Å². The first-order valence-electron chi connectivity index (χ1n) is 13.4. The van der Waals surface area contributed by atoms with Crippen LogP contribution in [0, 0.1) is 12.7 Å². The Morgan fingerprint density at radius 3 is 2.12 bits per heavy atom. The maximum atomic E-state index is 14.0. The summed E-state index contributed by atoms with van der Waals surface area (Å²) in [7, 11) is 1.32. The van der Waals surface area contributed by atoms with E-state index in [9.17, 15) is 40.3 Å². The van der Waals surface area contributed by atoms with Gasteiger partial charge in [0.25, 0.3) is 0 Å². The van der Waals surface area contributed by atoms with Crippen molar-refractivity contribution in [3.05, 3.63) is 70.0 Å². The molecular weight excluding hydrogens is 569 g/mol. The number of halogens is 7. The highest BCUT2D eigenvalue weighted by Gasteiger charge is 2.52. The zero-order valence-electron chi connectivity index (χ0n) is 23.6. The number of amides is 3. The first-order valence-corrected chi connectivity index (χ1v) is 13.4. The highest BCUT2D eigenvalue weighted by Crippen LogP contribution is 2.46. The van der Waals surface area contributed by atoms with E-state index in [2.05, 4.69) is 5.32 Å². The number of carbonyl (C=O) groups is 2. The molecule has 2 aromatic carbocycles. The van der Waals surface area contributed by atoms with Crippen molar-refractivity contribution in [1.29, 1.82) is 0 Å². The molecule has 13 heteroatoms. The van der Waals surface area contributed by atoms with Crippen molar-refractivity contribution in [3.63, 3.8) is 0 Å². The summed E-state index contributed by atoms with van der Waals surface area (Å²) in [6.45, 7) is 4.91. The minimum atomic E-state index is -5.03. The summed E-state index contributed by atoms with van der Waals surface area (Å²) >= 11 is 0. The van der Waals surface area contributed by atoms with E-state index in [0.29, 0.717) is 48.9 Å². The number of likely N-dealkylation sites (tertiary alicyclic amines) is 1. The van der Waals surface area contributed by atoms with E-state index >= 15 is 0 Å². The number of aryl methyl sites for hydroxylation is 1. The first-order chi connectivity index (χ1) is 19.3. The lowest BCUT2D eigenvalue weighted by molar-refractivity contribution is -0.143. The second-order valence-corrected chi connectivity index (χ2v) is 11.7. The normalized spacial score (nSPS) is 25.5. The van der Waals surface area contributed by atoms with Gasteiger partial charge in [-0.2, -0.15) is 26.3 Å². The number of benzene rings is 2.